The zero-order valence-electron chi connectivity index (χ0n) is 19.9. The summed E-state index contributed by atoms with van der Waals surface area (Å²) in [6.45, 7) is 0.193. The fourth-order valence-corrected chi connectivity index (χ4v) is 4.69. The monoisotopic (exact) mass is 603 g/mol. The summed E-state index contributed by atoms with van der Waals surface area (Å²) in [5.41, 5.74) is -2.54. The van der Waals surface area contributed by atoms with E-state index in [1.807, 2.05) is 0 Å². The maximum absolute atomic E-state index is 15.2. The number of hydrogen-bond acceptors (Lipinski definition) is 5. The Balaban J connectivity index is 1.60. The lowest BCUT2D eigenvalue weighted by atomic mass is 10.2. The van der Waals surface area contributed by atoms with E-state index in [9.17, 15) is 36.3 Å². The fourth-order valence-electron chi connectivity index (χ4n) is 3.53. The summed E-state index contributed by atoms with van der Waals surface area (Å²) in [6.07, 6.45) is -4.04. The van der Waals surface area contributed by atoms with Crippen LogP contribution in [0, 0.1) is 17.5 Å². The third kappa shape index (κ3) is 6.45. The van der Waals surface area contributed by atoms with Gasteiger partial charge in [0.25, 0.3) is 5.91 Å². The van der Waals surface area contributed by atoms with Crippen molar-refractivity contribution in [1.29, 1.82) is 0 Å². The predicted molar refractivity (Wildman–Crippen MR) is 133 cm³/mol. The van der Waals surface area contributed by atoms with Crippen LogP contribution in [0.4, 0.5) is 36.8 Å². The van der Waals surface area contributed by atoms with Crippen LogP contribution in [0.5, 0.6) is 11.5 Å². The summed E-state index contributed by atoms with van der Waals surface area (Å²) in [4.78, 5) is 37.6. The topological polar surface area (TPSA) is 79.0 Å². The van der Waals surface area contributed by atoms with Crippen molar-refractivity contribution in [3.05, 3.63) is 88.2 Å². The van der Waals surface area contributed by atoms with E-state index in [0.717, 1.165) is 52.8 Å². The first-order valence-electron chi connectivity index (χ1n) is 11.3. The molecule has 0 aliphatic carbocycles. The van der Waals surface area contributed by atoms with E-state index in [-0.39, 0.29) is 30.4 Å². The Morgan fingerprint density at radius 1 is 1.00 bits per heavy atom. The zero-order valence-corrected chi connectivity index (χ0v) is 21.5. The van der Waals surface area contributed by atoms with Crippen LogP contribution in [0.25, 0.3) is 0 Å². The number of hydrogen-bond donors (Lipinski definition) is 1. The second-order valence-corrected chi connectivity index (χ2v) is 9.57. The van der Waals surface area contributed by atoms with Gasteiger partial charge in [0.1, 0.15) is 28.7 Å². The van der Waals surface area contributed by atoms with E-state index >= 15 is 4.39 Å². The molecule has 4 amide bonds. The third-order valence-corrected chi connectivity index (χ3v) is 6.83. The van der Waals surface area contributed by atoms with Crippen molar-refractivity contribution in [3.8, 4) is 11.5 Å². The lowest BCUT2D eigenvalue weighted by Crippen LogP contribution is -2.42. The quantitative estimate of drug-likeness (QED) is 0.240. The average molecular weight is 604 g/mol. The number of nitrogens with one attached hydrogen (secondary N) is 1. The highest BCUT2D eigenvalue weighted by molar-refractivity contribution is 7.99. The number of imide groups is 1. The molecule has 1 aliphatic rings. The summed E-state index contributed by atoms with van der Waals surface area (Å²) in [7, 11) is 0. The smallest absolute Gasteiger partial charge is 0.416 e. The van der Waals surface area contributed by atoms with E-state index in [2.05, 4.69) is 0 Å². The SMILES string of the molecule is O=C(NC(=O)N(SN1CCCC1=O)c1ccc(Oc2ccc(C(F)(F)F)cc2Cl)cc1F)c1c(F)cccc1F. The molecule has 210 valence electrons. The second-order valence-electron chi connectivity index (χ2n) is 8.19. The molecule has 1 saturated heterocycles. The van der Waals surface area contributed by atoms with E-state index in [0.29, 0.717) is 28.9 Å². The number of ether oxygens (including phenoxy) is 1. The van der Waals surface area contributed by atoms with Crippen molar-refractivity contribution < 1.29 is 45.5 Å². The molecule has 40 heavy (non-hydrogen) atoms. The van der Waals surface area contributed by atoms with Gasteiger partial charge >= 0.3 is 12.2 Å². The minimum Gasteiger partial charge on any atom is -0.456 e. The summed E-state index contributed by atoms with van der Waals surface area (Å²) in [5, 5.41) is 1.37. The van der Waals surface area contributed by atoms with Crippen molar-refractivity contribution in [1.82, 2.24) is 9.62 Å². The maximum atomic E-state index is 15.2. The van der Waals surface area contributed by atoms with Crippen molar-refractivity contribution >= 4 is 47.3 Å². The molecule has 0 spiro atoms. The van der Waals surface area contributed by atoms with Gasteiger partial charge in [-0.3, -0.25) is 19.2 Å². The largest absolute Gasteiger partial charge is 0.456 e. The normalized spacial score (nSPS) is 13.4. The van der Waals surface area contributed by atoms with Gasteiger partial charge < -0.3 is 4.74 Å². The lowest BCUT2D eigenvalue weighted by molar-refractivity contribution is -0.137. The van der Waals surface area contributed by atoms with Crippen molar-refractivity contribution in [3.63, 3.8) is 0 Å². The standard InChI is InChI=1S/C25H16ClF6N3O4S/c26-15-11-13(25(30,31)32)6-9-20(15)39-14-7-8-19(18(29)12-14)35(40-34-10-2-5-21(34)36)24(38)33-23(37)22-16(27)3-1-4-17(22)28/h1,3-4,6-9,11-12H,2,5,10H2,(H,33,37,38). The first kappa shape index (κ1) is 29.1. The second kappa shape index (κ2) is 11.7. The number of nitrogens with zero attached hydrogens (tertiary/aromatic N) is 2. The van der Waals surface area contributed by atoms with Gasteiger partial charge in [-0.15, -0.1) is 0 Å². The lowest BCUT2D eigenvalue weighted by Gasteiger charge is -2.26. The molecular weight excluding hydrogens is 588 g/mol. The Morgan fingerprint density at radius 2 is 1.70 bits per heavy atom. The van der Waals surface area contributed by atoms with Gasteiger partial charge in [-0.25, -0.2) is 22.3 Å². The number of rotatable bonds is 6. The van der Waals surface area contributed by atoms with Gasteiger partial charge in [-0.1, -0.05) is 17.7 Å². The van der Waals surface area contributed by atoms with Gasteiger partial charge in [0.2, 0.25) is 5.91 Å². The number of alkyl halides is 3. The summed E-state index contributed by atoms with van der Waals surface area (Å²) < 4.78 is 89.1. The molecule has 7 nitrogen and oxygen atoms in total. The van der Waals surface area contributed by atoms with Gasteiger partial charge in [0, 0.05) is 19.0 Å². The minimum atomic E-state index is -4.65. The molecule has 0 radical (unpaired) electrons. The summed E-state index contributed by atoms with van der Waals surface area (Å²) in [5.74, 6) is -5.86. The Kier molecular flexibility index (Phi) is 8.49. The van der Waals surface area contributed by atoms with E-state index in [1.54, 1.807) is 5.32 Å². The molecule has 1 N–H and O–H groups in total. The molecule has 0 aromatic heterocycles. The van der Waals surface area contributed by atoms with Gasteiger partial charge in [0.15, 0.2) is 5.82 Å². The minimum absolute atomic E-state index is 0.158. The molecule has 0 saturated carbocycles. The van der Waals surface area contributed by atoms with Crippen molar-refractivity contribution in [2.24, 2.45) is 0 Å². The number of halogens is 7. The van der Waals surface area contributed by atoms with Crippen molar-refractivity contribution in [2.45, 2.75) is 19.0 Å². The Bertz CT molecular complexity index is 1470. The highest BCUT2D eigenvalue weighted by atomic mass is 35.5. The zero-order chi connectivity index (χ0) is 29.2. The highest BCUT2D eigenvalue weighted by Crippen LogP contribution is 2.38. The Hall–Kier alpha value is -3.91. The number of urea groups is 1. The molecule has 4 rings (SSSR count). The number of benzene rings is 3. The molecule has 3 aromatic rings. The van der Waals surface area contributed by atoms with Gasteiger partial charge in [-0.2, -0.15) is 13.2 Å². The molecule has 1 aliphatic heterocycles. The van der Waals surface area contributed by atoms with Gasteiger partial charge in [-0.05, 0) is 48.9 Å². The van der Waals surface area contributed by atoms with Crippen LogP contribution in [0.2, 0.25) is 5.02 Å². The van der Waals surface area contributed by atoms with Crippen molar-refractivity contribution in [2.75, 3.05) is 10.8 Å². The van der Waals surface area contributed by atoms with Crippen LogP contribution >= 0.6 is 23.7 Å². The number of amides is 4. The molecule has 1 fully saturated rings. The Morgan fingerprint density at radius 3 is 2.27 bits per heavy atom. The summed E-state index contributed by atoms with van der Waals surface area (Å²) >= 11 is 6.33. The van der Waals surface area contributed by atoms with E-state index < -0.39 is 57.4 Å². The molecule has 0 unspecified atom stereocenters. The third-order valence-electron chi connectivity index (χ3n) is 5.43. The van der Waals surface area contributed by atoms with Gasteiger partial charge in [0.05, 0.1) is 28.4 Å². The predicted octanol–water partition coefficient (Wildman–Crippen LogP) is 7.11. The van der Waals surface area contributed by atoms with Crippen LogP contribution in [0.1, 0.15) is 28.8 Å². The fraction of sp³-hybridized carbons (Fsp3) is 0.160. The number of anilines is 1. The molecular formula is C25H16ClF6N3O4S. The molecule has 15 heteroatoms. The van der Waals surface area contributed by atoms with Crippen LogP contribution < -0.4 is 14.4 Å². The number of carbonyl (C=O) groups excluding carboxylic acids is 3. The van der Waals surface area contributed by atoms with Crippen LogP contribution in [0.15, 0.2) is 54.6 Å². The van der Waals surface area contributed by atoms with E-state index in [1.165, 1.54) is 0 Å². The highest BCUT2D eigenvalue weighted by Gasteiger charge is 2.32. The maximum Gasteiger partial charge on any atom is 0.416 e. The molecule has 1 heterocycles. The summed E-state index contributed by atoms with van der Waals surface area (Å²) in [6, 6.07) is 6.56. The first-order valence-corrected chi connectivity index (χ1v) is 12.4. The van der Waals surface area contributed by atoms with Crippen LogP contribution in [-0.2, 0) is 11.0 Å². The van der Waals surface area contributed by atoms with Crippen LogP contribution in [-0.4, -0.2) is 28.7 Å². The molecule has 3 aromatic carbocycles. The molecule has 0 atom stereocenters. The number of carbonyl (C=O) groups is 3. The Labute approximate surface area is 231 Å². The van der Waals surface area contributed by atoms with E-state index in [4.69, 9.17) is 16.3 Å². The first-order chi connectivity index (χ1) is 18.8. The molecule has 0 bridgehead atoms. The average Bonchev–Trinajstić information content (AvgIpc) is 3.27. The van der Waals surface area contributed by atoms with Crippen LogP contribution in [0.3, 0.4) is 0 Å².